The van der Waals surface area contributed by atoms with Crippen molar-refractivity contribution in [1.29, 1.82) is 0 Å². The zero-order chi connectivity index (χ0) is 20.0. The van der Waals surface area contributed by atoms with Crippen molar-refractivity contribution in [3.8, 4) is 11.1 Å². The van der Waals surface area contributed by atoms with Gasteiger partial charge in [0.15, 0.2) is 0 Å². The minimum atomic E-state index is -3.96. The fourth-order valence-corrected chi connectivity index (χ4v) is 4.02. The summed E-state index contributed by atoms with van der Waals surface area (Å²) in [5.74, 6) is -0.826. The van der Waals surface area contributed by atoms with Crippen LogP contribution in [0, 0.1) is 0 Å². The van der Waals surface area contributed by atoms with E-state index in [2.05, 4.69) is 4.72 Å². The van der Waals surface area contributed by atoms with Crippen molar-refractivity contribution < 1.29 is 18.4 Å². The maximum Gasteiger partial charge on any atom is 0.261 e. The Bertz CT molecular complexity index is 1020. The lowest BCUT2D eigenvalue weighted by atomic mass is 10.1. The van der Waals surface area contributed by atoms with Gasteiger partial charge in [0.1, 0.15) is 6.04 Å². The second kappa shape index (κ2) is 8.79. The summed E-state index contributed by atoms with van der Waals surface area (Å²) in [7, 11) is -3.96. The largest absolute Gasteiger partial charge is 0.289 e. The van der Waals surface area contributed by atoms with Crippen molar-refractivity contribution in [2.45, 2.75) is 17.4 Å². The molecular weight excluding hydrogens is 376 g/mol. The molecule has 0 aromatic heterocycles. The van der Waals surface area contributed by atoms with E-state index in [9.17, 15) is 13.2 Å². The van der Waals surface area contributed by atoms with Crippen LogP contribution in [0.3, 0.4) is 0 Å². The van der Waals surface area contributed by atoms with E-state index in [0.717, 1.165) is 16.7 Å². The smallest absolute Gasteiger partial charge is 0.261 e. The van der Waals surface area contributed by atoms with Gasteiger partial charge in [-0.2, -0.15) is 4.72 Å². The predicted molar refractivity (Wildman–Crippen MR) is 106 cm³/mol. The number of rotatable bonds is 7. The number of carbonyl (C=O) groups excluding carboxylic acids is 1. The van der Waals surface area contributed by atoms with Crippen LogP contribution in [-0.2, 0) is 21.2 Å². The monoisotopic (exact) mass is 396 g/mol. The van der Waals surface area contributed by atoms with Gasteiger partial charge in [-0.25, -0.2) is 13.9 Å². The number of hydrogen-bond donors (Lipinski definition) is 3. The number of nitrogens with one attached hydrogen (secondary N) is 2. The summed E-state index contributed by atoms with van der Waals surface area (Å²) in [5, 5.41) is 8.98. The second-order valence-corrected chi connectivity index (χ2v) is 7.94. The molecule has 0 aliphatic rings. The molecule has 0 aliphatic carbocycles. The molecule has 0 bridgehead atoms. The van der Waals surface area contributed by atoms with Gasteiger partial charge in [-0.1, -0.05) is 72.8 Å². The van der Waals surface area contributed by atoms with Gasteiger partial charge in [0.05, 0.1) is 4.90 Å². The SMILES string of the molecule is O=C(NO)[C@@H](Cc1ccccc1)NS(=O)(=O)c1ccc(-c2ccccc2)cc1. The fourth-order valence-electron chi connectivity index (χ4n) is 2.83. The van der Waals surface area contributed by atoms with Crippen LogP contribution in [0.1, 0.15) is 5.56 Å². The third kappa shape index (κ3) is 4.83. The van der Waals surface area contributed by atoms with Crippen LogP contribution < -0.4 is 10.2 Å². The van der Waals surface area contributed by atoms with Gasteiger partial charge < -0.3 is 0 Å². The van der Waals surface area contributed by atoms with Crippen molar-refractivity contribution in [1.82, 2.24) is 10.2 Å². The molecule has 3 aromatic rings. The van der Waals surface area contributed by atoms with E-state index in [1.807, 2.05) is 36.4 Å². The Balaban J connectivity index is 1.81. The summed E-state index contributed by atoms with van der Waals surface area (Å²) < 4.78 is 27.8. The van der Waals surface area contributed by atoms with Crippen LogP contribution >= 0.6 is 0 Å². The Kier molecular flexibility index (Phi) is 6.20. The third-order valence-electron chi connectivity index (χ3n) is 4.28. The first kappa shape index (κ1) is 19.8. The van der Waals surface area contributed by atoms with Crippen LogP contribution in [0.25, 0.3) is 11.1 Å². The lowest BCUT2D eigenvalue weighted by Crippen LogP contribution is -2.47. The van der Waals surface area contributed by atoms with Crippen molar-refractivity contribution >= 4 is 15.9 Å². The maximum absolute atomic E-state index is 12.7. The standard InChI is InChI=1S/C21H20N2O4S/c24-21(22-25)20(15-16-7-3-1-4-8-16)23-28(26,27)19-13-11-18(12-14-19)17-9-5-2-6-10-17/h1-14,20,23,25H,15H2,(H,22,24)/t20-/m1/s1. The average molecular weight is 396 g/mol. The summed E-state index contributed by atoms with van der Waals surface area (Å²) in [4.78, 5) is 12.0. The quantitative estimate of drug-likeness (QED) is 0.423. The molecule has 0 fully saturated rings. The zero-order valence-corrected chi connectivity index (χ0v) is 15.8. The van der Waals surface area contributed by atoms with E-state index in [1.165, 1.54) is 17.6 Å². The molecule has 0 saturated carbocycles. The van der Waals surface area contributed by atoms with E-state index in [-0.39, 0.29) is 11.3 Å². The number of amides is 1. The van der Waals surface area contributed by atoms with Gasteiger partial charge in [0.25, 0.3) is 5.91 Å². The molecule has 1 atom stereocenters. The molecule has 28 heavy (non-hydrogen) atoms. The highest BCUT2D eigenvalue weighted by atomic mass is 32.2. The molecule has 7 heteroatoms. The summed E-state index contributed by atoms with van der Waals surface area (Å²) in [6.07, 6.45) is 0.106. The molecule has 0 aliphatic heterocycles. The highest BCUT2D eigenvalue weighted by Gasteiger charge is 2.26. The normalized spacial score (nSPS) is 12.3. The third-order valence-corrected chi connectivity index (χ3v) is 5.77. The molecule has 3 aromatic carbocycles. The Morgan fingerprint density at radius 3 is 1.93 bits per heavy atom. The molecule has 3 rings (SSSR count). The van der Waals surface area contributed by atoms with Gasteiger partial charge in [-0.3, -0.25) is 10.0 Å². The van der Waals surface area contributed by atoms with Gasteiger partial charge in [0, 0.05) is 0 Å². The number of sulfonamides is 1. The zero-order valence-electron chi connectivity index (χ0n) is 14.9. The lowest BCUT2D eigenvalue weighted by Gasteiger charge is -2.17. The molecule has 0 radical (unpaired) electrons. The fraction of sp³-hybridized carbons (Fsp3) is 0.0952. The van der Waals surface area contributed by atoms with E-state index in [1.54, 1.807) is 36.4 Å². The van der Waals surface area contributed by atoms with Crippen molar-refractivity contribution in [3.05, 3.63) is 90.5 Å². The summed E-state index contributed by atoms with van der Waals surface area (Å²) in [6.45, 7) is 0. The van der Waals surface area contributed by atoms with Gasteiger partial charge in [-0.05, 0) is 35.2 Å². The van der Waals surface area contributed by atoms with E-state index in [4.69, 9.17) is 5.21 Å². The van der Waals surface area contributed by atoms with E-state index < -0.39 is 22.0 Å². The lowest BCUT2D eigenvalue weighted by molar-refractivity contribution is -0.130. The first-order valence-corrected chi connectivity index (χ1v) is 10.1. The summed E-state index contributed by atoms with van der Waals surface area (Å²) in [5.41, 5.74) is 4.14. The van der Waals surface area contributed by atoms with Crippen molar-refractivity contribution in [2.75, 3.05) is 0 Å². The molecule has 0 heterocycles. The van der Waals surface area contributed by atoms with Crippen LogP contribution in [0.2, 0.25) is 0 Å². The second-order valence-electron chi connectivity index (χ2n) is 6.23. The maximum atomic E-state index is 12.7. The Morgan fingerprint density at radius 2 is 1.36 bits per heavy atom. The number of hydrogen-bond acceptors (Lipinski definition) is 4. The molecule has 144 valence electrons. The molecule has 6 nitrogen and oxygen atoms in total. The Hall–Kier alpha value is -3.00. The molecule has 0 saturated heterocycles. The first-order chi connectivity index (χ1) is 13.5. The Morgan fingerprint density at radius 1 is 0.821 bits per heavy atom. The van der Waals surface area contributed by atoms with Crippen LogP contribution in [0.15, 0.2) is 89.8 Å². The van der Waals surface area contributed by atoms with Crippen LogP contribution in [0.5, 0.6) is 0 Å². The minimum Gasteiger partial charge on any atom is -0.289 e. The number of hydroxylamine groups is 1. The topological polar surface area (TPSA) is 95.5 Å². The van der Waals surface area contributed by atoms with Crippen molar-refractivity contribution in [3.63, 3.8) is 0 Å². The molecule has 0 spiro atoms. The molecule has 3 N–H and O–H groups in total. The van der Waals surface area contributed by atoms with E-state index in [0.29, 0.717) is 0 Å². The minimum absolute atomic E-state index is 0.0379. The number of carbonyl (C=O) groups is 1. The summed E-state index contributed by atoms with van der Waals surface area (Å²) in [6, 6.07) is 23.8. The van der Waals surface area contributed by atoms with Gasteiger partial charge >= 0.3 is 0 Å². The van der Waals surface area contributed by atoms with Crippen molar-refractivity contribution in [2.24, 2.45) is 0 Å². The predicted octanol–water partition coefficient (Wildman–Crippen LogP) is 2.75. The molecule has 0 unspecified atom stereocenters. The highest BCUT2D eigenvalue weighted by Crippen LogP contribution is 2.21. The Labute approximate surface area is 163 Å². The first-order valence-electron chi connectivity index (χ1n) is 8.65. The van der Waals surface area contributed by atoms with E-state index >= 15 is 0 Å². The van der Waals surface area contributed by atoms with Gasteiger partial charge in [0.2, 0.25) is 10.0 Å². The highest BCUT2D eigenvalue weighted by molar-refractivity contribution is 7.89. The van der Waals surface area contributed by atoms with Crippen LogP contribution in [0.4, 0.5) is 0 Å². The van der Waals surface area contributed by atoms with Crippen LogP contribution in [-0.4, -0.2) is 25.6 Å². The molecule has 1 amide bonds. The molecular formula is C21H20N2O4S. The summed E-state index contributed by atoms with van der Waals surface area (Å²) >= 11 is 0. The number of benzene rings is 3. The average Bonchev–Trinajstić information content (AvgIpc) is 2.74. The van der Waals surface area contributed by atoms with Gasteiger partial charge in [-0.15, -0.1) is 0 Å².